The molecule has 0 fully saturated rings. The fraction of sp³-hybridized carbons (Fsp3) is 0.625. The van der Waals surface area contributed by atoms with Crippen LogP contribution in [0.1, 0.15) is 26.7 Å². The third-order valence-electron chi connectivity index (χ3n) is 1.21. The van der Waals surface area contributed by atoms with Gasteiger partial charge in [0.15, 0.2) is 0 Å². The van der Waals surface area contributed by atoms with Crippen molar-refractivity contribution in [3.8, 4) is 12.3 Å². The van der Waals surface area contributed by atoms with Crippen LogP contribution in [-0.4, -0.2) is 11.1 Å². The lowest BCUT2D eigenvalue weighted by molar-refractivity contribution is -0.139. The maximum absolute atomic E-state index is 10.2. The average molecular weight is 140 g/mol. The van der Waals surface area contributed by atoms with Gasteiger partial charge in [0, 0.05) is 6.42 Å². The molecule has 0 saturated heterocycles. The van der Waals surface area contributed by atoms with E-state index in [4.69, 9.17) is 11.5 Å². The summed E-state index contributed by atoms with van der Waals surface area (Å²) < 4.78 is 0. The Kier molecular flexibility index (Phi) is 2.95. The number of carboxylic acid groups (broad SMARTS) is 1. The van der Waals surface area contributed by atoms with Crippen LogP contribution in [0.2, 0.25) is 0 Å². The molecule has 0 unspecified atom stereocenters. The number of hydrogen-bond donors (Lipinski definition) is 1. The molecule has 0 spiro atoms. The standard InChI is InChI=1S/C8H12O2/c1-4-5-8(2,3)6-7(9)10/h1H,5-6H2,2-3H3,(H,9,10). The SMILES string of the molecule is C#CCC(C)(C)CC(=O)O. The lowest BCUT2D eigenvalue weighted by Crippen LogP contribution is -2.15. The molecule has 0 aromatic carbocycles. The van der Waals surface area contributed by atoms with E-state index in [1.165, 1.54) is 0 Å². The van der Waals surface area contributed by atoms with Gasteiger partial charge < -0.3 is 5.11 Å². The molecule has 0 saturated carbocycles. The zero-order chi connectivity index (χ0) is 8.20. The van der Waals surface area contributed by atoms with Crippen molar-refractivity contribution < 1.29 is 9.90 Å². The molecule has 0 aromatic heterocycles. The Morgan fingerprint density at radius 3 is 2.50 bits per heavy atom. The Bertz CT molecular complexity index is 163. The average Bonchev–Trinajstić information content (AvgIpc) is 1.59. The van der Waals surface area contributed by atoms with Crippen LogP contribution in [-0.2, 0) is 4.79 Å². The summed E-state index contributed by atoms with van der Waals surface area (Å²) in [5.41, 5.74) is -0.263. The van der Waals surface area contributed by atoms with E-state index in [1.807, 2.05) is 13.8 Å². The van der Waals surface area contributed by atoms with Crippen LogP contribution in [0.4, 0.5) is 0 Å². The summed E-state index contributed by atoms with van der Waals surface area (Å²) in [6.07, 6.45) is 5.70. The lowest BCUT2D eigenvalue weighted by atomic mass is 9.86. The topological polar surface area (TPSA) is 37.3 Å². The molecule has 56 valence electrons. The summed E-state index contributed by atoms with van der Waals surface area (Å²) in [5.74, 6) is 1.66. The van der Waals surface area contributed by atoms with Gasteiger partial charge in [0.2, 0.25) is 0 Å². The van der Waals surface area contributed by atoms with E-state index in [1.54, 1.807) is 0 Å². The van der Waals surface area contributed by atoms with Crippen molar-refractivity contribution in [1.29, 1.82) is 0 Å². The highest BCUT2D eigenvalue weighted by atomic mass is 16.4. The fourth-order valence-corrected chi connectivity index (χ4v) is 0.748. The molecular formula is C8H12O2. The van der Waals surface area contributed by atoms with Crippen molar-refractivity contribution in [3.05, 3.63) is 0 Å². The number of carboxylic acids is 1. The first kappa shape index (κ1) is 9.03. The van der Waals surface area contributed by atoms with Gasteiger partial charge in [-0.1, -0.05) is 13.8 Å². The first-order valence-corrected chi connectivity index (χ1v) is 3.13. The van der Waals surface area contributed by atoms with E-state index in [0.29, 0.717) is 6.42 Å². The van der Waals surface area contributed by atoms with Gasteiger partial charge in [0.05, 0.1) is 6.42 Å². The minimum Gasteiger partial charge on any atom is -0.481 e. The molecule has 10 heavy (non-hydrogen) atoms. The molecular weight excluding hydrogens is 128 g/mol. The second-order valence-electron chi connectivity index (χ2n) is 3.12. The van der Waals surface area contributed by atoms with Crippen LogP contribution in [0, 0.1) is 17.8 Å². The first-order chi connectivity index (χ1) is 4.48. The van der Waals surface area contributed by atoms with Crippen LogP contribution < -0.4 is 0 Å². The van der Waals surface area contributed by atoms with Gasteiger partial charge >= 0.3 is 5.97 Å². The third kappa shape index (κ3) is 3.96. The van der Waals surface area contributed by atoms with Crippen molar-refractivity contribution in [1.82, 2.24) is 0 Å². The van der Waals surface area contributed by atoms with Crippen molar-refractivity contribution >= 4 is 5.97 Å². The normalized spacial score (nSPS) is 10.5. The van der Waals surface area contributed by atoms with Crippen LogP contribution in [0.25, 0.3) is 0 Å². The second-order valence-corrected chi connectivity index (χ2v) is 3.12. The van der Waals surface area contributed by atoms with Gasteiger partial charge in [-0.3, -0.25) is 4.79 Å². The maximum Gasteiger partial charge on any atom is 0.303 e. The van der Waals surface area contributed by atoms with Gasteiger partial charge in [-0.05, 0) is 5.41 Å². The molecule has 0 rings (SSSR count). The van der Waals surface area contributed by atoms with E-state index in [-0.39, 0.29) is 11.8 Å². The summed E-state index contributed by atoms with van der Waals surface area (Å²) in [4.78, 5) is 10.2. The van der Waals surface area contributed by atoms with Gasteiger partial charge in [0.25, 0.3) is 0 Å². The second kappa shape index (κ2) is 3.26. The Balaban J connectivity index is 3.89. The quantitative estimate of drug-likeness (QED) is 0.603. The van der Waals surface area contributed by atoms with E-state index < -0.39 is 5.97 Å². The summed E-state index contributed by atoms with van der Waals surface area (Å²) in [6, 6.07) is 0. The van der Waals surface area contributed by atoms with E-state index in [0.717, 1.165) is 0 Å². The van der Waals surface area contributed by atoms with E-state index >= 15 is 0 Å². The predicted octanol–water partition coefficient (Wildman–Crippen LogP) is 1.51. The summed E-state index contributed by atoms with van der Waals surface area (Å²) >= 11 is 0. The number of hydrogen-bond acceptors (Lipinski definition) is 1. The molecule has 2 nitrogen and oxygen atoms in total. The van der Waals surface area contributed by atoms with Gasteiger partial charge in [-0.25, -0.2) is 0 Å². The van der Waals surface area contributed by atoms with Crippen LogP contribution in [0.15, 0.2) is 0 Å². The lowest BCUT2D eigenvalue weighted by Gasteiger charge is -2.18. The minimum absolute atomic E-state index is 0.136. The van der Waals surface area contributed by atoms with Crippen molar-refractivity contribution in [3.63, 3.8) is 0 Å². The molecule has 0 aliphatic carbocycles. The van der Waals surface area contributed by atoms with Crippen LogP contribution >= 0.6 is 0 Å². The van der Waals surface area contributed by atoms with Gasteiger partial charge in [-0.15, -0.1) is 12.3 Å². The molecule has 0 aliphatic heterocycles. The molecule has 0 atom stereocenters. The Morgan fingerprint density at radius 2 is 2.20 bits per heavy atom. The Labute approximate surface area is 61.2 Å². The fourth-order valence-electron chi connectivity index (χ4n) is 0.748. The smallest absolute Gasteiger partial charge is 0.303 e. The van der Waals surface area contributed by atoms with Crippen molar-refractivity contribution in [2.45, 2.75) is 26.7 Å². The molecule has 0 radical (unpaired) electrons. The first-order valence-electron chi connectivity index (χ1n) is 3.13. The zero-order valence-electron chi connectivity index (χ0n) is 6.35. The highest BCUT2D eigenvalue weighted by Crippen LogP contribution is 2.23. The maximum atomic E-state index is 10.2. The van der Waals surface area contributed by atoms with Crippen LogP contribution in [0.5, 0.6) is 0 Å². The summed E-state index contributed by atoms with van der Waals surface area (Å²) in [7, 11) is 0. The minimum atomic E-state index is -0.791. The third-order valence-corrected chi connectivity index (χ3v) is 1.21. The summed E-state index contributed by atoms with van der Waals surface area (Å²) in [5, 5.41) is 8.41. The van der Waals surface area contributed by atoms with E-state index in [9.17, 15) is 4.79 Å². The van der Waals surface area contributed by atoms with Crippen LogP contribution in [0.3, 0.4) is 0 Å². The largest absolute Gasteiger partial charge is 0.481 e. The molecule has 0 aliphatic rings. The monoisotopic (exact) mass is 140 g/mol. The molecule has 0 bridgehead atoms. The molecule has 0 heterocycles. The van der Waals surface area contributed by atoms with Crippen molar-refractivity contribution in [2.75, 3.05) is 0 Å². The van der Waals surface area contributed by atoms with E-state index in [2.05, 4.69) is 5.92 Å². The molecule has 2 heteroatoms. The highest BCUT2D eigenvalue weighted by Gasteiger charge is 2.19. The number of carbonyl (C=O) groups is 1. The Morgan fingerprint density at radius 1 is 1.70 bits per heavy atom. The van der Waals surface area contributed by atoms with Crippen molar-refractivity contribution in [2.24, 2.45) is 5.41 Å². The van der Waals surface area contributed by atoms with Gasteiger partial charge in [0.1, 0.15) is 0 Å². The zero-order valence-corrected chi connectivity index (χ0v) is 6.35. The molecule has 1 N–H and O–H groups in total. The number of aliphatic carboxylic acids is 1. The Hall–Kier alpha value is -0.970. The highest BCUT2D eigenvalue weighted by molar-refractivity contribution is 5.67. The molecule has 0 amide bonds. The summed E-state index contributed by atoms with van der Waals surface area (Å²) in [6.45, 7) is 3.70. The molecule has 0 aromatic rings. The predicted molar refractivity (Wildman–Crippen MR) is 39.5 cm³/mol. The number of terminal acetylenes is 1. The van der Waals surface area contributed by atoms with Gasteiger partial charge in [-0.2, -0.15) is 0 Å². The number of rotatable bonds is 3.